The van der Waals surface area contributed by atoms with Gasteiger partial charge in [0, 0.05) is 19.3 Å². The molecule has 4 heteroatoms. The van der Waals surface area contributed by atoms with Crippen LogP contribution in [-0.4, -0.2) is 28.0 Å². The van der Waals surface area contributed by atoms with Crippen LogP contribution >= 0.6 is 12.2 Å². The molecule has 21 heavy (non-hydrogen) atoms. The fourth-order valence-electron chi connectivity index (χ4n) is 2.94. The highest BCUT2D eigenvalue weighted by atomic mass is 32.1. The number of benzene rings is 1. The zero-order chi connectivity index (χ0) is 14.7. The molecular formula is C17H19N3S. The van der Waals surface area contributed by atoms with E-state index in [2.05, 4.69) is 40.2 Å². The molecule has 0 amide bonds. The minimum atomic E-state index is 0.362. The molecule has 0 aliphatic carbocycles. The summed E-state index contributed by atoms with van der Waals surface area (Å²) in [5, 5.41) is 0. The first-order chi connectivity index (χ1) is 10.2. The molecule has 2 N–H and O–H groups in total. The van der Waals surface area contributed by atoms with Crippen LogP contribution in [0.15, 0.2) is 48.7 Å². The Bertz CT molecular complexity index is 627. The second kappa shape index (κ2) is 6.33. The molecule has 1 fully saturated rings. The van der Waals surface area contributed by atoms with Gasteiger partial charge in [-0.3, -0.25) is 9.88 Å². The summed E-state index contributed by atoms with van der Waals surface area (Å²) in [5.74, 6) is 0.642. The number of likely N-dealkylation sites (tertiary alicyclic amines) is 1. The van der Waals surface area contributed by atoms with Crippen LogP contribution < -0.4 is 5.73 Å². The molecule has 1 aromatic heterocycles. The van der Waals surface area contributed by atoms with Crippen molar-refractivity contribution in [1.29, 1.82) is 0 Å². The third-order valence-electron chi connectivity index (χ3n) is 4.03. The van der Waals surface area contributed by atoms with Crippen LogP contribution in [0.4, 0.5) is 0 Å². The average molecular weight is 297 g/mol. The Balaban J connectivity index is 1.65. The molecule has 1 aromatic carbocycles. The van der Waals surface area contributed by atoms with Crippen molar-refractivity contribution in [2.45, 2.75) is 18.9 Å². The Hall–Kier alpha value is -1.78. The van der Waals surface area contributed by atoms with E-state index in [0.29, 0.717) is 16.6 Å². The van der Waals surface area contributed by atoms with Crippen molar-refractivity contribution in [2.75, 3.05) is 13.1 Å². The number of nitrogens with two attached hydrogens (primary N) is 1. The van der Waals surface area contributed by atoms with Crippen molar-refractivity contribution in [3.63, 3.8) is 0 Å². The Morgan fingerprint density at radius 1 is 1.29 bits per heavy atom. The Labute approximate surface area is 130 Å². The number of nitrogens with zero attached hydrogens (tertiary/aromatic N) is 2. The highest BCUT2D eigenvalue weighted by molar-refractivity contribution is 7.80. The third-order valence-corrected chi connectivity index (χ3v) is 4.24. The van der Waals surface area contributed by atoms with Gasteiger partial charge in [0.05, 0.1) is 5.69 Å². The predicted molar refractivity (Wildman–Crippen MR) is 89.2 cm³/mol. The minimum Gasteiger partial charge on any atom is -0.388 e. The summed E-state index contributed by atoms with van der Waals surface area (Å²) in [4.78, 5) is 7.04. The van der Waals surface area contributed by atoms with Crippen molar-refractivity contribution >= 4 is 17.2 Å². The van der Waals surface area contributed by atoms with E-state index in [1.54, 1.807) is 6.20 Å². The number of pyridine rings is 1. The maximum Gasteiger partial charge on any atom is 0.122 e. The van der Waals surface area contributed by atoms with E-state index in [4.69, 9.17) is 18.0 Å². The van der Waals surface area contributed by atoms with E-state index in [1.165, 1.54) is 17.5 Å². The largest absolute Gasteiger partial charge is 0.388 e. The maximum atomic E-state index is 5.64. The molecule has 1 saturated heterocycles. The summed E-state index contributed by atoms with van der Waals surface area (Å²) < 4.78 is 0. The fourth-order valence-corrected chi connectivity index (χ4v) is 3.05. The summed E-state index contributed by atoms with van der Waals surface area (Å²) >= 11 is 4.99. The minimum absolute atomic E-state index is 0.362. The molecule has 108 valence electrons. The number of rotatable bonds is 4. The molecule has 1 aliphatic rings. The Morgan fingerprint density at radius 2 is 2.10 bits per heavy atom. The van der Waals surface area contributed by atoms with Gasteiger partial charge in [-0.2, -0.15) is 0 Å². The Kier molecular flexibility index (Phi) is 4.27. The van der Waals surface area contributed by atoms with E-state index in [9.17, 15) is 0 Å². The van der Waals surface area contributed by atoms with Crippen molar-refractivity contribution in [2.24, 2.45) is 5.73 Å². The van der Waals surface area contributed by atoms with Gasteiger partial charge in [-0.1, -0.05) is 42.5 Å². The van der Waals surface area contributed by atoms with Gasteiger partial charge in [-0.15, -0.1) is 0 Å². The van der Waals surface area contributed by atoms with Gasteiger partial charge >= 0.3 is 0 Å². The standard InChI is InChI=1S/C17H19N3S/c18-17(21)16-10-13(6-8-19-16)11-20-9-7-15(12-20)14-4-2-1-3-5-14/h1-6,8,10,15H,7,9,11-12H2,(H2,18,21). The SMILES string of the molecule is NC(=S)c1cc(CN2CCC(c3ccccc3)C2)ccn1. The second-order valence-corrected chi connectivity index (χ2v) is 5.98. The Morgan fingerprint density at radius 3 is 2.86 bits per heavy atom. The fraction of sp³-hybridized carbons (Fsp3) is 0.294. The van der Waals surface area contributed by atoms with Crippen molar-refractivity contribution < 1.29 is 0 Å². The van der Waals surface area contributed by atoms with Crippen molar-refractivity contribution in [1.82, 2.24) is 9.88 Å². The van der Waals surface area contributed by atoms with Gasteiger partial charge < -0.3 is 5.73 Å². The summed E-state index contributed by atoms with van der Waals surface area (Å²) in [7, 11) is 0. The van der Waals surface area contributed by atoms with E-state index in [1.807, 2.05) is 12.1 Å². The molecule has 0 bridgehead atoms. The van der Waals surface area contributed by atoms with Crippen LogP contribution in [0.3, 0.4) is 0 Å². The summed E-state index contributed by atoms with van der Waals surface area (Å²) in [5.41, 5.74) is 9.02. The molecule has 1 atom stereocenters. The molecule has 3 rings (SSSR count). The van der Waals surface area contributed by atoms with Crippen molar-refractivity contribution in [3.05, 3.63) is 65.5 Å². The molecule has 0 spiro atoms. The molecule has 1 aliphatic heterocycles. The van der Waals surface area contributed by atoms with E-state index >= 15 is 0 Å². The zero-order valence-corrected chi connectivity index (χ0v) is 12.7. The monoisotopic (exact) mass is 297 g/mol. The van der Waals surface area contributed by atoms with Gasteiger partial charge in [0.1, 0.15) is 4.99 Å². The van der Waals surface area contributed by atoms with Gasteiger partial charge in [0.15, 0.2) is 0 Å². The smallest absolute Gasteiger partial charge is 0.122 e. The molecule has 1 unspecified atom stereocenters. The average Bonchev–Trinajstić information content (AvgIpc) is 2.97. The lowest BCUT2D eigenvalue weighted by Crippen LogP contribution is -2.20. The molecule has 0 radical (unpaired) electrons. The summed E-state index contributed by atoms with van der Waals surface area (Å²) in [6, 6.07) is 14.8. The topological polar surface area (TPSA) is 42.1 Å². The van der Waals surface area contributed by atoms with Crippen LogP contribution in [0.1, 0.15) is 29.2 Å². The quantitative estimate of drug-likeness (QED) is 0.881. The van der Waals surface area contributed by atoms with Crippen molar-refractivity contribution in [3.8, 4) is 0 Å². The highest BCUT2D eigenvalue weighted by Gasteiger charge is 2.23. The summed E-state index contributed by atoms with van der Waals surface area (Å²) in [6.07, 6.45) is 3.01. The summed E-state index contributed by atoms with van der Waals surface area (Å²) in [6.45, 7) is 3.17. The third kappa shape index (κ3) is 3.46. The van der Waals surface area contributed by atoms with Gasteiger partial charge in [-0.05, 0) is 42.1 Å². The first kappa shape index (κ1) is 14.2. The molecule has 2 heterocycles. The predicted octanol–water partition coefficient (Wildman–Crippen LogP) is 2.71. The molecular weight excluding hydrogens is 278 g/mol. The van der Waals surface area contributed by atoms with Crippen LogP contribution in [-0.2, 0) is 6.54 Å². The molecule has 3 nitrogen and oxygen atoms in total. The van der Waals surface area contributed by atoms with E-state index in [0.717, 1.165) is 19.6 Å². The number of hydrogen-bond donors (Lipinski definition) is 1. The molecule has 2 aromatic rings. The molecule has 0 saturated carbocycles. The number of aromatic nitrogens is 1. The maximum absolute atomic E-state index is 5.64. The lowest BCUT2D eigenvalue weighted by atomic mass is 9.99. The van der Waals surface area contributed by atoms with Gasteiger partial charge in [-0.25, -0.2) is 0 Å². The first-order valence-corrected chi connectivity index (χ1v) is 7.65. The lowest BCUT2D eigenvalue weighted by Gasteiger charge is -2.16. The van der Waals surface area contributed by atoms with E-state index < -0.39 is 0 Å². The zero-order valence-electron chi connectivity index (χ0n) is 11.9. The van der Waals surface area contributed by atoms with Crippen LogP contribution in [0, 0.1) is 0 Å². The highest BCUT2D eigenvalue weighted by Crippen LogP contribution is 2.27. The lowest BCUT2D eigenvalue weighted by molar-refractivity contribution is 0.327. The normalized spacial score (nSPS) is 18.8. The van der Waals surface area contributed by atoms with E-state index in [-0.39, 0.29) is 0 Å². The van der Waals surface area contributed by atoms with Gasteiger partial charge in [0.2, 0.25) is 0 Å². The number of thiocarbonyl (C=S) groups is 1. The van der Waals surface area contributed by atoms with Crippen LogP contribution in [0.5, 0.6) is 0 Å². The van der Waals surface area contributed by atoms with Crippen LogP contribution in [0.25, 0.3) is 0 Å². The van der Waals surface area contributed by atoms with Gasteiger partial charge in [0.25, 0.3) is 0 Å². The number of hydrogen-bond acceptors (Lipinski definition) is 3. The first-order valence-electron chi connectivity index (χ1n) is 7.24. The van der Waals surface area contributed by atoms with Crippen LogP contribution in [0.2, 0.25) is 0 Å². The second-order valence-electron chi connectivity index (χ2n) is 5.54.